The van der Waals surface area contributed by atoms with Gasteiger partial charge in [0.15, 0.2) is 6.61 Å². The second kappa shape index (κ2) is 10.5. The van der Waals surface area contributed by atoms with Crippen molar-refractivity contribution in [3.05, 3.63) is 55.9 Å². The van der Waals surface area contributed by atoms with Crippen molar-refractivity contribution in [1.82, 2.24) is 5.32 Å². The van der Waals surface area contributed by atoms with Gasteiger partial charge in [0.25, 0.3) is 17.5 Å². The molecule has 0 spiro atoms. The smallest absolute Gasteiger partial charge is 0.329 e. The number of rotatable bonds is 8. The molecule has 0 saturated heterocycles. The van der Waals surface area contributed by atoms with Gasteiger partial charge in [-0.1, -0.05) is 25.4 Å². The number of esters is 1. The lowest BCUT2D eigenvalue weighted by Gasteiger charge is -2.21. The molecule has 0 fully saturated rings. The second-order valence-corrected chi connectivity index (χ2v) is 7.87. The van der Waals surface area contributed by atoms with Crippen LogP contribution in [0.2, 0.25) is 5.02 Å². The van der Waals surface area contributed by atoms with E-state index in [0.29, 0.717) is 5.00 Å². The fourth-order valence-electron chi connectivity index (χ4n) is 2.40. The molecule has 1 heterocycles. The second-order valence-electron chi connectivity index (χ2n) is 6.55. The first-order chi connectivity index (χ1) is 14.6. The Balaban J connectivity index is 2.03. The van der Waals surface area contributed by atoms with Gasteiger partial charge in [0, 0.05) is 12.1 Å². The van der Waals surface area contributed by atoms with Gasteiger partial charge in [-0.25, -0.2) is 4.79 Å². The molecule has 0 aliphatic carbocycles. The molecular weight excluding hydrogens is 448 g/mol. The van der Waals surface area contributed by atoms with Crippen LogP contribution >= 0.6 is 22.9 Å². The molecule has 0 bridgehead atoms. The third-order valence-corrected chi connectivity index (χ3v) is 5.16. The highest BCUT2D eigenvalue weighted by Gasteiger charge is 2.28. The summed E-state index contributed by atoms with van der Waals surface area (Å²) in [6.07, 6.45) is 0. The van der Waals surface area contributed by atoms with E-state index in [4.69, 9.17) is 21.6 Å². The quantitative estimate of drug-likeness (QED) is 0.346. The zero-order valence-electron chi connectivity index (χ0n) is 16.4. The van der Waals surface area contributed by atoms with Crippen molar-refractivity contribution in [2.24, 2.45) is 5.92 Å². The van der Waals surface area contributed by atoms with Crippen LogP contribution in [-0.2, 0) is 14.3 Å². The molecule has 162 valence electrons. The van der Waals surface area contributed by atoms with Crippen LogP contribution in [-0.4, -0.2) is 35.4 Å². The maximum absolute atomic E-state index is 12.5. The number of hydrogen-bond acceptors (Lipinski definition) is 8. The van der Waals surface area contributed by atoms with Gasteiger partial charge in [0.05, 0.1) is 21.1 Å². The molecule has 1 aromatic heterocycles. The van der Waals surface area contributed by atoms with Crippen molar-refractivity contribution in [2.75, 3.05) is 11.9 Å². The van der Waals surface area contributed by atoms with Crippen LogP contribution in [0.1, 0.15) is 29.8 Å². The fourth-order valence-corrected chi connectivity index (χ4v) is 3.36. The summed E-state index contributed by atoms with van der Waals surface area (Å²) in [5.41, 5.74) is -0.222. The maximum atomic E-state index is 12.5. The number of halogens is 1. The topological polar surface area (TPSA) is 151 Å². The number of nitrogens with one attached hydrogen (secondary N) is 2. The number of carbonyl (C=O) groups is 3. The minimum atomic E-state index is -1.13. The third-order valence-electron chi connectivity index (χ3n) is 4.00. The molecule has 0 saturated carbocycles. The van der Waals surface area contributed by atoms with Crippen molar-refractivity contribution >= 4 is 51.4 Å². The molecule has 2 aromatic rings. The predicted molar refractivity (Wildman–Crippen MR) is 113 cm³/mol. The van der Waals surface area contributed by atoms with Crippen molar-refractivity contribution < 1.29 is 24.0 Å². The van der Waals surface area contributed by atoms with Gasteiger partial charge >= 0.3 is 5.97 Å². The summed E-state index contributed by atoms with van der Waals surface area (Å²) in [4.78, 5) is 47.2. The Bertz CT molecular complexity index is 1060. The molecule has 0 aliphatic rings. The van der Waals surface area contributed by atoms with Gasteiger partial charge in [-0.2, -0.15) is 5.26 Å². The maximum Gasteiger partial charge on any atom is 0.329 e. The summed E-state index contributed by atoms with van der Waals surface area (Å²) in [5.74, 6) is -2.74. The molecule has 12 heteroatoms. The van der Waals surface area contributed by atoms with Crippen molar-refractivity contribution in [2.45, 2.75) is 19.9 Å². The summed E-state index contributed by atoms with van der Waals surface area (Å²) in [6, 6.07) is 5.69. The number of hydrogen-bond donors (Lipinski definition) is 2. The molecular formula is C19H17ClN4O6S. The van der Waals surface area contributed by atoms with Gasteiger partial charge < -0.3 is 15.4 Å². The molecule has 1 atom stereocenters. The van der Waals surface area contributed by atoms with E-state index in [1.165, 1.54) is 12.1 Å². The van der Waals surface area contributed by atoms with Gasteiger partial charge in [-0.15, -0.1) is 11.3 Å². The lowest BCUT2D eigenvalue weighted by atomic mass is 10.0. The molecule has 2 amide bonds. The standard InChI is InChI=1S/C19H17ClN4O6S/c1-10(2)16(23-17(26)13-7-12(24(28)29)3-4-14(13)20)19(27)30-9-15(25)22-18-11(8-21)5-6-31-18/h3-7,10,16H,9H2,1-2H3,(H,22,25)(H,23,26). The Morgan fingerprint density at radius 2 is 2.03 bits per heavy atom. The molecule has 0 radical (unpaired) electrons. The molecule has 1 unspecified atom stereocenters. The molecule has 2 rings (SSSR count). The largest absolute Gasteiger partial charge is 0.454 e. The van der Waals surface area contributed by atoms with E-state index in [1.54, 1.807) is 19.2 Å². The van der Waals surface area contributed by atoms with Crippen LogP contribution in [0.3, 0.4) is 0 Å². The lowest BCUT2D eigenvalue weighted by Crippen LogP contribution is -2.46. The van der Waals surface area contributed by atoms with E-state index in [0.717, 1.165) is 23.5 Å². The number of non-ortho nitro benzene ring substituents is 1. The Labute approximate surface area is 185 Å². The first-order valence-corrected chi connectivity index (χ1v) is 10.1. The van der Waals surface area contributed by atoms with Crippen molar-refractivity contribution in [3.63, 3.8) is 0 Å². The first-order valence-electron chi connectivity index (χ1n) is 8.83. The van der Waals surface area contributed by atoms with E-state index >= 15 is 0 Å². The van der Waals surface area contributed by atoms with Gasteiger partial charge in [0.2, 0.25) is 0 Å². The number of amides is 2. The number of nitro groups is 1. The van der Waals surface area contributed by atoms with Crippen LogP contribution < -0.4 is 10.6 Å². The molecule has 0 aliphatic heterocycles. The number of nitro benzene ring substituents is 1. The normalized spacial score (nSPS) is 11.3. The molecule has 1 aromatic carbocycles. The van der Waals surface area contributed by atoms with Crippen LogP contribution in [0.4, 0.5) is 10.7 Å². The summed E-state index contributed by atoms with van der Waals surface area (Å²) in [6.45, 7) is 2.66. The zero-order chi connectivity index (χ0) is 23.1. The van der Waals surface area contributed by atoms with Crippen LogP contribution in [0, 0.1) is 27.4 Å². The zero-order valence-corrected chi connectivity index (χ0v) is 18.0. The van der Waals surface area contributed by atoms with Crippen LogP contribution in [0.25, 0.3) is 0 Å². The number of nitriles is 1. The molecule has 10 nitrogen and oxygen atoms in total. The van der Waals surface area contributed by atoms with E-state index < -0.39 is 41.3 Å². The Hall–Kier alpha value is -3.49. The summed E-state index contributed by atoms with van der Waals surface area (Å²) in [7, 11) is 0. The van der Waals surface area contributed by atoms with Crippen LogP contribution in [0.15, 0.2) is 29.6 Å². The van der Waals surface area contributed by atoms with Gasteiger partial charge in [-0.3, -0.25) is 19.7 Å². The molecule has 31 heavy (non-hydrogen) atoms. The first kappa shape index (κ1) is 23.8. The third kappa shape index (κ3) is 6.24. The van der Waals surface area contributed by atoms with Gasteiger partial charge in [-0.05, 0) is 23.4 Å². The number of benzene rings is 1. The Kier molecular flexibility index (Phi) is 8.07. The van der Waals surface area contributed by atoms with E-state index in [9.17, 15) is 24.5 Å². The predicted octanol–water partition coefficient (Wildman–Crippen LogP) is 3.12. The van der Waals surface area contributed by atoms with Crippen LogP contribution in [0.5, 0.6) is 0 Å². The van der Waals surface area contributed by atoms with Crippen molar-refractivity contribution in [1.29, 1.82) is 5.26 Å². The number of carbonyl (C=O) groups excluding carboxylic acids is 3. The Morgan fingerprint density at radius 3 is 2.65 bits per heavy atom. The van der Waals surface area contributed by atoms with Crippen molar-refractivity contribution in [3.8, 4) is 6.07 Å². The number of nitrogens with zero attached hydrogens (tertiary/aromatic N) is 2. The summed E-state index contributed by atoms with van der Waals surface area (Å²) in [5, 5.41) is 26.7. The summed E-state index contributed by atoms with van der Waals surface area (Å²) >= 11 is 7.11. The highest BCUT2D eigenvalue weighted by atomic mass is 35.5. The fraction of sp³-hybridized carbons (Fsp3) is 0.263. The van der Waals surface area contributed by atoms with E-state index in [-0.39, 0.29) is 21.8 Å². The molecule has 2 N–H and O–H groups in total. The van der Waals surface area contributed by atoms with E-state index in [2.05, 4.69) is 10.6 Å². The minimum Gasteiger partial charge on any atom is -0.454 e. The minimum absolute atomic E-state index is 0.0254. The Morgan fingerprint density at radius 1 is 1.32 bits per heavy atom. The number of thiophene rings is 1. The summed E-state index contributed by atoms with van der Waals surface area (Å²) < 4.78 is 4.99. The lowest BCUT2D eigenvalue weighted by molar-refractivity contribution is -0.384. The van der Waals surface area contributed by atoms with E-state index in [1.807, 2.05) is 6.07 Å². The highest BCUT2D eigenvalue weighted by molar-refractivity contribution is 7.14. The van der Waals surface area contributed by atoms with Gasteiger partial charge in [0.1, 0.15) is 17.1 Å². The average molecular weight is 465 g/mol. The number of anilines is 1. The highest BCUT2D eigenvalue weighted by Crippen LogP contribution is 2.23. The number of ether oxygens (including phenoxy) is 1. The SMILES string of the molecule is CC(C)C(NC(=O)c1cc([N+](=O)[O-])ccc1Cl)C(=O)OCC(=O)Nc1sccc1C#N. The monoisotopic (exact) mass is 464 g/mol. The average Bonchev–Trinajstić information content (AvgIpc) is 3.16.